The van der Waals surface area contributed by atoms with Crippen LogP contribution in [0.25, 0.3) is 11.3 Å². The summed E-state index contributed by atoms with van der Waals surface area (Å²) < 4.78 is 11.8. The highest BCUT2D eigenvalue weighted by Crippen LogP contribution is 2.33. The number of pyridine rings is 1. The van der Waals surface area contributed by atoms with Crippen molar-refractivity contribution in [3.63, 3.8) is 0 Å². The van der Waals surface area contributed by atoms with Gasteiger partial charge in [0.15, 0.2) is 0 Å². The maximum atomic E-state index is 6.00. The number of ether oxygens (including phenoxy) is 2. The van der Waals surface area contributed by atoms with Crippen molar-refractivity contribution in [2.24, 2.45) is 0 Å². The van der Waals surface area contributed by atoms with E-state index in [9.17, 15) is 0 Å². The van der Waals surface area contributed by atoms with Gasteiger partial charge < -0.3 is 9.47 Å². The Morgan fingerprint density at radius 1 is 0.826 bits per heavy atom. The lowest BCUT2D eigenvalue weighted by molar-refractivity contribution is 0.242. The zero-order chi connectivity index (χ0) is 16.1. The smallest absolute Gasteiger partial charge is 0.136 e. The van der Waals surface area contributed by atoms with Gasteiger partial charge in [0, 0.05) is 17.8 Å². The lowest BCUT2D eigenvalue weighted by atomic mass is 10.1. The largest absolute Gasteiger partial charge is 0.491 e. The number of benzene rings is 2. The molecule has 3 heteroatoms. The van der Waals surface area contributed by atoms with Gasteiger partial charge in [-0.25, -0.2) is 0 Å². The lowest BCUT2D eigenvalue weighted by Gasteiger charge is -2.13. The van der Waals surface area contributed by atoms with Crippen LogP contribution in [0.15, 0.2) is 72.9 Å². The molecule has 0 atom stereocenters. The summed E-state index contributed by atoms with van der Waals surface area (Å²) in [5, 5.41) is 0. The first kappa shape index (κ1) is 15.1. The molecular formula is C20H19NO2. The van der Waals surface area contributed by atoms with Crippen LogP contribution in [0.2, 0.25) is 0 Å². The molecular weight excluding hydrogens is 286 g/mol. The van der Waals surface area contributed by atoms with E-state index in [1.807, 2.05) is 80.6 Å². The molecule has 0 N–H and O–H groups in total. The fourth-order valence-electron chi connectivity index (χ4n) is 2.29. The third-order valence-corrected chi connectivity index (χ3v) is 3.24. The minimum atomic E-state index is 0.126. The number of para-hydroxylation sites is 2. The molecule has 2 aromatic carbocycles. The second-order valence-corrected chi connectivity index (χ2v) is 5.45. The summed E-state index contributed by atoms with van der Waals surface area (Å²) >= 11 is 0. The van der Waals surface area contributed by atoms with Crippen LogP contribution in [0.1, 0.15) is 13.8 Å². The normalized spacial score (nSPS) is 10.6. The van der Waals surface area contributed by atoms with Gasteiger partial charge in [-0.2, -0.15) is 0 Å². The molecule has 1 aromatic heterocycles. The summed E-state index contributed by atoms with van der Waals surface area (Å²) in [5.74, 6) is 2.38. The third kappa shape index (κ3) is 3.89. The van der Waals surface area contributed by atoms with Crippen LogP contribution in [0.5, 0.6) is 17.2 Å². The Balaban J connectivity index is 1.94. The van der Waals surface area contributed by atoms with E-state index < -0.39 is 0 Å². The number of aromatic nitrogens is 1. The van der Waals surface area contributed by atoms with Crippen molar-refractivity contribution in [3.8, 4) is 28.5 Å². The van der Waals surface area contributed by atoms with Crippen molar-refractivity contribution in [1.29, 1.82) is 0 Å². The Morgan fingerprint density at radius 3 is 2.35 bits per heavy atom. The average molecular weight is 305 g/mol. The van der Waals surface area contributed by atoms with E-state index in [-0.39, 0.29) is 6.10 Å². The van der Waals surface area contributed by atoms with Crippen LogP contribution in [0, 0.1) is 0 Å². The molecule has 0 saturated heterocycles. The van der Waals surface area contributed by atoms with Gasteiger partial charge in [-0.1, -0.05) is 30.3 Å². The maximum absolute atomic E-state index is 6.00. The van der Waals surface area contributed by atoms with Crippen LogP contribution < -0.4 is 9.47 Å². The molecule has 0 amide bonds. The molecule has 0 aliphatic heterocycles. The first-order valence-corrected chi connectivity index (χ1v) is 7.67. The van der Waals surface area contributed by atoms with E-state index in [0.717, 1.165) is 28.5 Å². The predicted octanol–water partition coefficient (Wildman–Crippen LogP) is 5.33. The highest BCUT2D eigenvalue weighted by atomic mass is 16.5. The molecule has 0 saturated carbocycles. The monoisotopic (exact) mass is 305 g/mol. The average Bonchev–Trinajstić information content (AvgIpc) is 2.56. The van der Waals surface area contributed by atoms with E-state index in [0.29, 0.717) is 0 Å². The highest BCUT2D eigenvalue weighted by molar-refractivity contribution is 5.68. The van der Waals surface area contributed by atoms with Crippen LogP contribution in [-0.4, -0.2) is 11.1 Å². The summed E-state index contributed by atoms with van der Waals surface area (Å²) in [6, 6.07) is 21.4. The second-order valence-electron chi connectivity index (χ2n) is 5.45. The lowest BCUT2D eigenvalue weighted by Crippen LogP contribution is -2.05. The van der Waals surface area contributed by atoms with Crippen molar-refractivity contribution >= 4 is 0 Å². The summed E-state index contributed by atoms with van der Waals surface area (Å²) in [5.41, 5.74) is 1.76. The van der Waals surface area contributed by atoms with Crippen molar-refractivity contribution in [1.82, 2.24) is 4.98 Å². The van der Waals surface area contributed by atoms with Crippen molar-refractivity contribution in [3.05, 3.63) is 72.9 Å². The summed E-state index contributed by atoms with van der Waals surface area (Å²) in [6.45, 7) is 4.01. The zero-order valence-electron chi connectivity index (χ0n) is 13.3. The third-order valence-electron chi connectivity index (χ3n) is 3.24. The van der Waals surface area contributed by atoms with E-state index >= 15 is 0 Å². The van der Waals surface area contributed by atoms with Gasteiger partial charge in [0.05, 0.1) is 11.8 Å². The Morgan fingerprint density at radius 2 is 1.57 bits per heavy atom. The molecule has 3 nitrogen and oxygen atoms in total. The SMILES string of the molecule is CC(C)Oc1ccnc(-c2ccccc2Oc2ccccc2)c1. The van der Waals surface area contributed by atoms with E-state index in [1.54, 1.807) is 6.20 Å². The predicted molar refractivity (Wildman–Crippen MR) is 92.0 cm³/mol. The van der Waals surface area contributed by atoms with Gasteiger partial charge in [0.25, 0.3) is 0 Å². The van der Waals surface area contributed by atoms with Crippen molar-refractivity contribution < 1.29 is 9.47 Å². The molecule has 1 heterocycles. The molecule has 116 valence electrons. The summed E-state index contributed by atoms with van der Waals surface area (Å²) in [7, 11) is 0. The molecule has 0 spiro atoms. The van der Waals surface area contributed by atoms with Gasteiger partial charge in [0.1, 0.15) is 17.2 Å². The quantitative estimate of drug-likeness (QED) is 0.638. The number of rotatable bonds is 5. The standard InChI is InChI=1S/C20H19NO2/c1-15(2)22-17-12-13-21-19(14-17)18-10-6-7-11-20(18)23-16-8-4-3-5-9-16/h3-15H,1-2H3. The maximum Gasteiger partial charge on any atom is 0.136 e. The fourth-order valence-corrected chi connectivity index (χ4v) is 2.29. The van der Waals surface area contributed by atoms with Gasteiger partial charge in [0.2, 0.25) is 0 Å². The van der Waals surface area contributed by atoms with Crippen LogP contribution in [-0.2, 0) is 0 Å². The first-order valence-electron chi connectivity index (χ1n) is 7.67. The molecule has 0 radical (unpaired) electrons. The van der Waals surface area contributed by atoms with Crippen molar-refractivity contribution in [2.75, 3.05) is 0 Å². The van der Waals surface area contributed by atoms with E-state index in [2.05, 4.69) is 4.98 Å². The van der Waals surface area contributed by atoms with Gasteiger partial charge in [-0.3, -0.25) is 4.98 Å². The molecule has 0 bridgehead atoms. The Labute approximate surface area is 136 Å². The van der Waals surface area contributed by atoms with Gasteiger partial charge in [-0.05, 0) is 44.2 Å². The van der Waals surface area contributed by atoms with E-state index in [1.165, 1.54) is 0 Å². The molecule has 3 aromatic rings. The number of hydrogen-bond acceptors (Lipinski definition) is 3. The molecule has 0 aliphatic carbocycles. The summed E-state index contributed by atoms with van der Waals surface area (Å²) in [6.07, 6.45) is 1.88. The van der Waals surface area contributed by atoms with Gasteiger partial charge in [-0.15, -0.1) is 0 Å². The van der Waals surface area contributed by atoms with Crippen LogP contribution in [0.3, 0.4) is 0 Å². The zero-order valence-corrected chi connectivity index (χ0v) is 13.3. The van der Waals surface area contributed by atoms with Crippen LogP contribution >= 0.6 is 0 Å². The minimum Gasteiger partial charge on any atom is -0.491 e. The Bertz CT molecular complexity index is 769. The first-order chi connectivity index (χ1) is 11.2. The molecule has 23 heavy (non-hydrogen) atoms. The van der Waals surface area contributed by atoms with Crippen molar-refractivity contribution in [2.45, 2.75) is 20.0 Å². The number of hydrogen-bond donors (Lipinski definition) is 0. The Kier molecular flexibility index (Phi) is 4.57. The Hall–Kier alpha value is -2.81. The van der Waals surface area contributed by atoms with E-state index in [4.69, 9.17) is 9.47 Å². The van der Waals surface area contributed by atoms with Gasteiger partial charge >= 0.3 is 0 Å². The minimum absolute atomic E-state index is 0.126. The number of nitrogens with zero attached hydrogens (tertiary/aromatic N) is 1. The molecule has 0 fully saturated rings. The topological polar surface area (TPSA) is 31.4 Å². The second kappa shape index (κ2) is 6.97. The fraction of sp³-hybridized carbons (Fsp3) is 0.150. The van der Waals surface area contributed by atoms with Crippen LogP contribution in [0.4, 0.5) is 0 Å². The summed E-state index contributed by atoms with van der Waals surface area (Å²) in [4.78, 5) is 4.46. The highest BCUT2D eigenvalue weighted by Gasteiger charge is 2.09. The molecule has 0 unspecified atom stereocenters. The molecule has 3 rings (SSSR count). The molecule has 0 aliphatic rings.